The molecule has 1 aromatic carbocycles. The lowest BCUT2D eigenvalue weighted by atomic mass is 10.2. The number of nitrogens with zero attached hydrogens (tertiary/aromatic N) is 1. The van der Waals surface area contributed by atoms with Gasteiger partial charge in [0.1, 0.15) is 0 Å². The van der Waals surface area contributed by atoms with E-state index in [9.17, 15) is 8.42 Å². The van der Waals surface area contributed by atoms with Gasteiger partial charge in [0, 0.05) is 18.8 Å². The first-order chi connectivity index (χ1) is 7.89. The Kier molecular flexibility index (Phi) is 4.54. The molecule has 0 spiro atoms. The number of hydrogen-bond donors (Lipinski definition) is 1. The van der Waals surface area contributed by atoms with Gasteiger partial charge in [0.25, 0.3) is 0 Å². The highest BCUT2D eigenvalue weighted by molar-refractivity contribution is 7.89. The monoisotopic (exact) mass is 256 g/mol. The van der Waals surface area contributed by atoms with Gasteiger partial charge in [-0.1, -0.05) is 13.3 Å². The van der Waals surface area contributed by atoms with Gasteiger partial charge in [0.05, 0.1) is 4.90 Å². The van der Waals surface area contributed by atoms with E-state index in [0.717, 1.165) is 12.8 Å². The smallest absolute Gasteiger partial charge is 0.243 e. The second-order valence-electron chi connectivity index (χ2n) is 4.23. The highest BCUT2D eigenvalue weighted by Crippen LogP contribution is 2.19. The fourth-order valence-corrected chi connectivity index (χ4v) is 3.03. The number of hydrogen-bond acceptors (Lipinski definition) is 3. The van der Waals surface area contributed by atoms with Crippen LogP contribution in [-0.2, 0) is 10.0 Å². The standard InChI is InChI=1S/C12H20N2O2S/c1-4-5-10(2)14(3)17(15,16)12-8-6-11(13)7-9-12/h6-10H,4-5,13H2,1-3H3. The third-order valence-corrected chi connectivity index (χ3v) is 4.87. The lowest BCUT2D eigenvalue weighted by Gasteiger charge is -2.23. The Balaban J connectivity index is 2.98. The molecule has 4 nitrogen and oxygen atoms in total. The minimum Gasteiger partial charge on any atom is -0.399 e. The molecule has 0 bridgehead atoms. The van der Waals surface area contributed by atoms with Crippen molar-refractivity contribution in [1.29, 1.82) is 0 Å². The lowest BCUT2D eigenvalue weighted by molar-refractivity contribution is 0.369. The average Bonchev–Trinajstić information content (AvgIpc) is 2.29. The van der Waals surface area contributed by atoms with E-state index in [1.165, 1.54) is 4.31 Å². The van der Waals surface area contributed by atoms with Crippen molar-refractivity contribution in [2.75, 3.05) is 12.8 Å². The molecule has 1 atom stereocenters. The van der Waals surface area contributed by atoms with Gasteiger partial charge >= 0.3 is 0 Å². The molecule has 5 heteroatoms. The summed E-state index contributed by atoms with van der Waals surface area (Å²) in [5.74, 6) is 0. The zero-order valence-corrected chi connectivity index (χ0v) is 11.4. The van der Waals surface area contributed by atoms with Crippen LogP contribution in [0, 0.1) is 0 Å². The Labute approximate surface area is 103 Å². The topological polar surface area (TPSA) is 63.4 Å². The molecule has 17 heavy (non-hydrogen) atoms. The lowest BCUT2D eigenvalue weighted by Crippen LogP contribution is -2.34. The molecule has 0 amide bonds. The number of benzene rings is 1. The molecule has 2 N–H and O–H groups in total. The molecule has 0 fully saturated rings. The van der Waals surface area contributed by atoms with E-state index < -0.39 is 10.0 Å². The maximum absolute atomic E-state index is 12.2. The van der Waals surface area contributed by atoms with Crippen LogP contribution in [-0.4, -0.2) is 25.8 Å². The molecule has 1 aromatic rings. The maximum Gasteiger partial charge on any atom is 0.243 e. The van der Waals surface area contributed by atoms with Gasteiger partial charge in [-0.15, -0.1) is 0 Å². The first-order valence-corrected chi connectivity index (χ1v) is 7.17. The zero-order valence-electron chi connectivity index (χ0n) is 10.6. The van der Waals surface area contributed by atoms with Gasteiger partial charge in [-0.3, -0.25) is 0 Å². The van der Waals surface area contributed by atoms with Crippen LogP contribution in [0.25, 0.3) is 0 Å². The van der Waals surface area contributed by atoms with E-state index >= 15 is 0 Å². The maximum atomic E-state index is 12.2. The van der Waals surface area contributed by atoms with E-state index in [1.807, 2.05) is 13.8 Å². The summed E-state index contributed by atoms with van der Waals surface area (Å²) >= 11 is 0. The molecule has 0 aliphatic carbocycles. The van der Waals surface area contributed by atoms with Gasteiger partial charge < -0.3 is 5.73 Å². The van der Waals surface area contributed by atoms with Crippen LogP contribution in [0.5, 0.6) is 0 Å². The van der Waals surface area contributed by atoms with Crippen molar-refractivity contribution in [3.05, 3.63) is 24.3 Å². The number of rotatable bonds is 5. The first kappa shape index (κ1) is 14.0. The Morgan fingerprint density at radius 1 is 1.29 bits per heavy atom. The van der Waals surface area contributed by atoms with E-state index in [1.54, 1.807) is 31.3 Å². The van der Waals surface area contributed by atoms with Gasteiger partial charge in [-0.25, -0.2) is 8.42 Å². The summed E-state index contributed by atoms with van der Waals surface area (Å²) in [6.45, 7) is 3.96. The van der Waals surface area contributed by atoms with Crippen molar-refractivity contribution < 1.29 is 8.42 Å². The van der Waals surface area contributed by atoms with Crippen molar-refractivity contribution in [3.8, 4) is 0 Å². The normalized spacial score (nSPS) is 13.9. The van der Waals surface area contributed by atoms with E-state index in [4.69, 9.17) is 5.73 Å². The van der Waals surface area contributed by atoms with Crippen molar-refractivity contribution in [3.63, 3.8) is 0 Å². The summed E-state index contributed by atoms with van der Waals surface area (Å²) < 4.78 is 25.9. The van der Waals surface area contributed by atoms with Gasteiger partial charge in [0.15, 0.2) is 0 Å². The Morgan fingerprint density at radius 3 is 2.29 bits per heavy atom. The van der Waals surface area contributed by atoms with Crippen molar-refractivity contribution in [2.45, 2.75) is 37.6 Å². The summed E-state index contributed by atoms with van der Waals surface area (Å²) in [5.41, 5.74) is 6.11. The molecule has 0 saturated heterocycles. The number of nitrogens with two attached hydrogens (primary N) is 1. The molecule has 0 aliphatic rings. The minimum absolute atomic E-state index is 0.00236. The first-order valence-electron chi connectivity index (χ1n) is 5.73. The number of nitrogen functional groups attached to an aromatic ring is 1. The fourth-order valence-electron chi connectivity index (χ4n) is 1.64. The second-order valence-corrected chi connectivity index (χ2v) is 6.23. The highest BCUT2D eigenvalue weighted by atomic mass is 32.2. The Hall–Kier alpha value is -1.07. The van der Waals surface area contributed by atoms with Crippen LogP contribution in [0.15, 0.2) is 29.2 Å². The zero-order chi connectivity index (χ0) is 13.1. The SMILES string of the molecule is CCCC(C)N(C)S(=O)(=O)c1ccc(N)cc1. The van der Waals surface area contributed by atoms with Crippen molar-refractivity contribution in [2.24, 2.45) is 0 Å². The van der Waals surface area contributed by atoms with Crippen molar-refractivity contribution in [1.82, 2.24) is 4.31 Å². The molecular formula is C12H20N2O2S. The molecule has 96 valence electrons. The quantitative estimate of drug-likeness (QED) is 0.820. The molecule has 0 aliphatic heterocycles. The van der Waals surface area contributed by atoms with Crippen LogP contribution in [0.1, 0.15) is 26.7 Å². The van der Waals surface area contributed by atoms with Gasteiger partial charge in [0.2, 0.25) is 10.0 Å². The molecule has 1 rings (SSSR count). The molecular weight excluding hydrogens is 236 g/mol. The Morgan fingerprint density at radius 2 is 1.82 bits per heavy atom. The van der Waals surface area contributed by atoms with E-state index in [-0.39, 0.29) is 10.9 Å². The molecule has 1 unspecified atom stereocenters. The summed E-state index contributed by atoms with van der Waals surface area (Å²) in [4.78, 5) is 0.289. The van der Waals surface area contributed by atoms with Crippen LogP contribution in [0.4, 0.5) is 5.69 Å². The van der Waals surface area contributed by atoms with Crippen LogP contribution < -0.4 is 5.73 Å². The highest BCUT2D eigenvalue weighted by Gasteiger charge is 2.24. The average molecular weight is 256 g/mol. The van der Waals surface area contributed by atoms with Gasteiger partial charge in [-0.05, 0) is 37.6 Å². The van der Waals surface area contributed by atoms with Crippen LogP contribution in [0.2, 0.25) is 0 Å². The fraction of sp³-hybridized carbons (Fsp3) is 0.500. The second kappa shape index (κ2) is 5.51. The van der Waals surface area contributed by atoms with Crippen molar-refractivity contribution >= 4 is 15.7 Å². The number of sulfonamides is 1. The largest absolute Gasteiger partial charge is 0.399 e. The number of anilines is 1. The molecule has 0 heterocycles. The molecule has 0 radical (unpaired) electrons. The van der Waals surface area contributed by atoms with E-state index in [2.05, 4.69) is 0 Å². The summed E-state index contributed by atoms with van der Waals surface area (Å²) in [5, 5.41) is 0. The van der Waals surface area contributed by atoms with Crippen LogP contribution >= 0.6 is 0 Å². The third kappa shape index (κ3) is 3.20. The summed E-state index contributed by atoms with van der Waals surface area (Å²) in [7, 11) is -1.78. The van der Waals surface area contributed by atoms with Crippen LogP contribution in [0.3, 0.4) is 0 Å². The predicted molar refractivity (Wildman–Crippen MR) is 70.2 cm³/mol. The predicted octanol–water partition coefficient (Wildman–Crippen LogP) is 2.08. The third-order valence-electron chi connectivity index (χ3n) is 2.88. The summed E-state index contributed by atoms with van der Waals surface area (Å²) in [6.07, 6.45) is 1.81. The minimum atomic E-state index is -3.40. The molecule has 0 saturated carbocycles. The molecule has 0 aromatic heterocycles. The summed E-state index contributed by atoms with van der Waals surface area (Å²) in [6, 6.07) is 6.29. The Bertz CT molecular complexity index is 454. The van der Waals surface area contributed by atoms with E-state index in [0.29, 0.717) is 5.69 Å². The van der Waals surface area contributed by atoms with Gasteiger partial charge in [-0.2, -0.15) is 4.31 Å².